The predicted molar refractivity (Wildman–Crippen MR) is 134 cm³/mol. The molecule has 1 aromatic carbocycles. The van der Waals surface area contributed by atoms with E-state index in [0.717, 1.165) is 19.3 Å². The first-order chi connectivity index (χ1) is 14.7. The molecule has 1 aliphatic rings. The summed E-state index contributed by atoms with van der Waals surface area (Å²) in [4.78, 5) is 29.4. The van der Waals surface area contributed by atoms with Crippen molar-refractivity contribution >= 4 is 23.5 Å². The van der Waals surface area contributed by atoms with Crippen LogP contribution in [0.1, 0.15) is 45.6 Å². The number of likely N-dealkylation sites (tertiary alicyclic amines) is 1. The Kier molecular flexibility index (Phi) is 14.2. The van der Waals surface area contributed by atoms with Gasteiger partial charge in [-0.3, -0.25) is 4.79 Å². The van der Waals surface area contributed by atoms with Gasteiger partial charge in [0, 0.05) is 22.1 Å². The number of allylic oxidation sites excluding steroid dienone is 2. The Morgan fingerprint density at radius 3 is 2.52 bits per heavy atom. The van der Waals surface area contributed by atoms with Crippen molar-refractivity contribution < 1.29 is 40.7 Å². The molecule has 6 nitrogen and oxygen atoms in total. The zero-order chi connectivity index (χ0) is 23.1. The molecule has 0 saturated carbocycles. The average molecular weight is 697 g/mol. The quantitative estimate of drug-likeness (QED) is 0.132. The number of Topliss-reactive ketones (excluding diaryl/α,β-unsaturated/α-hetero) is 1. The Hall–Kier alpha value is -1.33. The minimum Gasteiger partial charge on any atom is -0.471 e. The van der Waals surface area contributed by atoms with Crippen molar-refractivity contribution in [2.45, 2.75) is 63.9 Å². The van der Waals surface area contributed by atoms with Crippen molar-refractivity contribution in [1.82, 2.24) is 9.91 Å². The second-order valence-corrected chi connectivity index (χ2v) is 9.33. The van der Waals surface area contributed by atoms with E-state index in [1.54, 1.807) is 11.8 Å². The molecule has 0 aliphatic carbocycles. The Bertz CT molecular complexity index is 857. The molecule has 4 N–H and O–H groups in total. The Morgan fingerprint density at radius 2 is 1.97 bits per heavy atom. The van der Waals surface area contributed by atoms with Crippen molar-refractivity contribution in [3.8, 4) is 0 Å². The molecule has 1 aromatic rings. The van der Waals surface area contributed by atoms with Crippen LogP contribution in [-0.4, -0.2) is 40.2 Å². The summed E-state index contributed by atoms with van der Waals surface area (Å²) >= 11 is 1.74. The summed E-state index contributed by atoms with van der Waals surface area (Å²) in [7, 11) is 0. The van der Waals surface area contributed by atoms with Gasteiger partial charge in [-0.15, -0.1) is 0 Å². The van der Waals surface area contributed by atoms with E-state index < -0.39 is 11.8 Å². The van der Waals surface area contributed by atoms with Gasteiger partial charge >= 0.3 is 31.1 Å². The molecule has 0 radical (unpaired) electrons. The van der Waals surface area contributed by atoms with Gasteiger partial charge < -0.3 is 27.9 Å². The first kappa shape index (κ1) is 31.7. The SMILES string of the molecule is [CH2-]C(=O)/C(N)=C/N(N)C(C(=O)N1CCCC1/C(=C\CC)Sc1ccccc1C)C(C)C.[CH3-].[U+2]. The van der Waals surface area contributed by atoms with Crippen LogP contribution in [0.5, 0.6) is 0 Å². The fourth-order valence-corrected chi connectivity index (χ4v) is 5.07. The van der Waals surface area contributed by atoms with Gasteiger partial charge in [0.15, 0.2) is 0 Å². The van der Waals surface area contributed by atoms with Crippen molar-refractivity contribution in [2.24, 2.45) is 17.5 Å². The second-order valence-electron chi connectivity index (χ2n) is 8.22. The molecule has 8 heteroatoms. The topological polar surface area (TPSA) is 92.7 Å². The first-order valence-electron chi connectivity index (χ1n) is 10.8. The number of aryl methyl sites for hydroxylation is 1. The molecule has 1 saturated heterocycles. The molecule has 2 unspecified atom stereocenters. The number of hydrogen-bond donors (Lipinski definition) is 2. The molecule has 1 heterocycles. The molecule has 1 fully saturated rings. The van der Waals surface area contributed by atoms with Crippen LogP contribution in [0.15, 0.2) is 52.0 Å². The van der Waals surface area contributed by atoms with Gasteiger partial charge in [0.25, 0.3) is 0 Å². The van der Waals surface area contributed by atoms with Crippen LogP contribution < -0.4 is 11.6 Å². The predicted octanol–water partition coefficient (Wildman–Crippen LogP) is 4.23. The second kappa shape index (κ2) is 14.8. The van der Waals surface area contributed by atoms with Gasteiger partial charge in [-0.25, -0.2) is 5.84 Å². The number of carbonyl (C=O) groups excluding carboxylic acids is 2. The van der Waals surface area contributed by atoms with Gasteiger partial charge in [0.05, 0.1) is 6.04 Å². The molecule has 2 atom stereocenters. The molecule has 1 amide bonds. The Morgan fingerprint density at radius 1 is 1.33 bits per heavy atom. The van der Waals surface area contributed by atoms with Crippen LogP contribution in [-0.2, 0) is 9.59 Å². The summed E-state index contributed by atoms with van der Waals surface area (Å²) in [5, 5.41) is 1.26. The van der Waals surface area contributed by atoms with E-state index in [1.807, 2.05) is 30.9 Å². The zero-order valence-electron chi connectivity index (χ0n) is 20.5. The van der Waals surface area contributed by atoms with Crippen molar-refractivity contribution in [3.05, 3.63) is 67.1 Å². The molecule has 2 rings (SSSR count). The third-order valence-electron chi connectivity index (χ3n) is 5.41. The maximum Gasteiger partial charge on any atom is 2.00 e. The number of hydrazine groups is 1. The number of rotatable bonds is 9. The number of carbonyl (C=O) groups is 2. The van der Waals surface area contributed by atoms with E-state index >= 15 is 0 Å². The number of benzene rings is 1. The monoisotopic (exact) mass is 696 g/mol. The summed E-state index contributed by atoms with van der Waals surface area (Å²) < 4.78 is 0. The van der Waals surface area contributed by atoms with Crippen LogP contribution in [0.3, 0.4) is 0 Å². The van der Waals surface area contributed by atoms with Crippen LogP contribution in [0.25, 0.3) is 0 Å². The third kappa shape index (κ3) is 8.44. The average Bonchev–Trinajstić information content (AvgIpc) is 3.18. The molecule has 1 aliphatic heterocycles. The molecular weight excluding hydrogens is 658 g/mol. The van der Waals surface area contributed by atoms with E-state index in [1.165, 1.54) is 26.6 Å². The number of nitrogens with two attached hydrogens (primary N) is 2. The van der Waals surface area contributed by atoms with E-state index in [0.29, 0.717) is 6.54 Å². The normalized spacial score (nSPS) is 17.3. The number of hydrogen-bond acceptors (Lipinski definition) is 6. The van der Waals surface area contributed by atoms with Crippen molar-refractivity contribution in [1.29, 1.82) is 0 Å². The minimum absolute atomic E-state index is 0. The van der Waals surface area contributed by atoms with Crippen LogP contribution in [0.2, 0.25) is 0 Å². The van der Waals surface area contributed by atoms with E-state index in [2.05, 4.69) is 39.0 Å². The van der Waals surface area contributed by atoms with Gasteiger partial charge in [-0.2, -0.15) is 6.92 Å². The summed E-state index contributed by atoms with van der Waals surface area (Å²) in [6.45, 7) is 12.1. The minimum atomic E-state index is -0.621. The van der Waals surface area contributed by atoms with Crippen LogP contribution >= 0.6 is 11.8 Å². The van der Waals surface area contributed by atoms with Crippen molar-refractivity contribution in [2.75, 3.05) is 6.54 Å². The molecule has 180 valence electrons. The maximum absolute atomic E-state index is 13.6. The molecule has 0 spiro atoms. The standard InChI is InChI=1S/C24H35N4O2S.CH3.U/c1-6-10-22(31-21-13-8-7-11-17(21)4)20-12-9-14-27(20)24(30)23(16(2)3)28(26)15-19(25)18(5)29;;/h7-8,10-11,13,15-16,20,23H,5-6,9,12,14,25-26H2,1-4H3;1H3;/q2*-1;+2/b19-15-,22-10+;;. The van der Waals surface area contributed by atoms with Crippen LogP contribution in [0.4, 0.5) is 0 Å². The smallest absolute Gasteiger partial charge is 0.471 e. The molecule has 33 heavy (non-hydrogen) atoms. The van der Waals surface area contributed by atoms with Gasteiger partial charge in [-0.05, 0) is 49.9 Å². The van der Waals surface area contributed by atoms with Crippen molar-refractivity contribution in [3.63, 3.8) is 0 Å². The zero-order valence-corrected chi connectivity index (χ0v) is 25.5. The number of thioether (sulfide) groups is 1. The third-order valence-corrected chi connectivity index (χ3v) is 6.76. The summed E-state index contributed by atoms with van der Waals surface area (Å²) in [6, 6.07) is 7.69. The summed E-state index contributed by atoms with van der Waals surface area (Å²) in [5.74, 6) is 5.55. The largest absolute Gasteiger partial charge is 2.00 e. The van der Waals surface area contributed by atoms with E-state index in [-0.39, 0.29) is 62.1 Å². The molecule has 0 bridgehead atoms. The summed E-state index contributed by atoms with van der Waals surface area (Å²) in [6.07, 6.45) is 6.29. The fourth-order valence-electron chi connectivity index (χ4n) is 3.81. The van der Waals surface area contributed by atoms with Gasteiger partial charge in [0.2, 0.25) is 5.91 Å². The number of amides is 1. The van der Waals surface area contributed by atoms with Crippen LogP contribution in [0, 0.1) is 58.3 Å². The number of nitrogens with zero attached hydrogens (tertiary/aromatic N) is 2. The Labute approximate surface area is 227 Å². The molecule has 0 aromatic heterocycles. The molecular formula is C25H38N4O2SU. The van der Waals surface area contributed by atoms with Gasteiger partial charge in [-0.1, -0.05) is 62.5 Å². The summed E-state index contributed by atoms with van der Waals surface area (Å²) in [5.41, 5.74) is 6.86. The van der Waals surface area contributed by atoms with E-state index in [9.17, 15) is 9.59 Å². The Balaban J connectivity index is 0.00000512. The van der Waals surface area contributed by atoms with E-state index in [4.69, 9.17) is 11.6 Å². The van der Waals surface area contributed by atoms with Gasteiger partial charge in [0.1, 0.15) is 6.04 Å². The maximum atomic E-state index is 13.6. The first-order valence-corrected chi connectivity index (χ1v) is 11.6. The fraction of sp³-hybridized carbons (Fsp3) is 0.440. The number of ketones is 1.